The highest BCUT2D eigenvalue weighted by molar-refractivity contribution is 7.80. The standard InChI is InChI=1S/C23H25N5O2S/c1-26(2)14-15-28-21(20(25-23(28)31)18-6-3-4-12-24-18)19-7-5-13-27(19)17-10-8-16(9-11-17)22(29)30/h3-13,20-21H,14-15H2,1-2H3,(H,25,31)(H,29,30)/t20-,21-/m0/s1. The summed E-state index contributed by atoms with van der Waals surface area (Å²) >= 11 is 5.72. The Balaban J connectivity index is 1.75. The predicted molar refractivity (Wildman–Crippen MR) is 123 cm³/mol. The molecule has 160 valence electrons. The number of hydrogen-bond acceptors (Lipinski definition) is 4. The van der Waals surface area contributed by atoms with E-state index in [0.29, 0.717) is 5.11 Å². The number of aromatic carboxylic acids is 1. The lowest BCUT2D eigenvalue weighted by atomic mass is 10.0. The van der Waals surface area contributed by atoms with Gasteiger partial charge in [0, 0.05) is 36.9 Å². The lowest BCUT2D eigenvalue weighted by Crippen LogP contribution is -2.36. The first kappa shape index (κ1) is 21.0. The normalized spacial score (nSPS) is 18.4. The molecule has 0 radical (unpaired) electrons. The quantitative estimate of drug-likeness (QED) is 0.553. The van der Waals surface area contributed by atoms with Crippen LogP contribution in [0.15, 0.2) is 67.0 Å². The van der Waals surface area contributed by atoms with E-state index in [2.05, 4.69) is 30.7 Å². The van der Waals surface area contributed by atoms with Gasteiger partial charge in [0.15, 0.2) is 5.11 Å². The number of carboxylic acids is 1. The smallest absolute Gasteiger partial charge is 0.335 e. The Morgan fingerprint density at radius 1 is 1.16 bits per heavy atom. The van der Waals surface area contributed by atoms with E-state index in [0.717, 1.165) is 30.2 Å². The van der Waals surface area contributed by atoms with Gasteiger partial charge >= 0.3 is 5.97 Å². The number of likely N-dealkylation sites (N-methyl/N-ethyl adjacent to an activating group) is 1. The molecule has 0 saturated carbocycles. The van der Waals surface area contributed by atoms with Crippen molar-refractivity contribution in [2.75, 3.05) is 27.2 Å². The molecule has 0 bridgehead atoms. The molecule has 3 heterocycles. The van der Waals surface area contributed by atoms with E-state index < -0.39 is 5.97 Å². The minimum absolute atomic E-state index is 0.0588. The topological polar surface area (TPSA) is 73.6 Å². The van der Waals surface area contributed by atoms with E-state index in [1.54, 1.807) is 18.3 Å². The van der Waals surface area contributed by atoms with Gasteiger partial charge in [-0.1, -0.05) is 6.07 Å². The third-order valence-electron chi connectivity index (χ3n) is 5.46. The highest BCUT2D eigenvalue weighted by atomic mass is 32.1. The Kier molecular flexibility index (Phi) is 6.01. The van der Waals surface area contributed by atoms with Crippen LogP contribution < -0.4 is 5.32 Å². The molecule has 31 heavy (non-hydrogen) atoms. The van der Waals surface area contributed by atoms with Gasteiger partial charge in [-0.15, -0.1) is 0 Å². The van der Waals surface area contributed by atoms with Gasteiger partial charge in [-0.3, -0.25) is 4.98 Å². The molecular weight excluding hydrogens is 410 g/mol. The highest BCUT2D eigenvalue weighted by Gasteiger charge is 2.41. The van der Waals surface area contributed by atoms with Crippen molar-refractivity contribution >= 4 is 23.3 Å². The lowest BCUT2D eigenvalue weighted by Gasteiger charge is -2.29. The molecule has 1 fully saturated rings. The number of hydrogen-bond donors (Lipinski definition) is 2. The van der Waals surface area contributed by atoms with Crippen LogP contribution in [0.25, 0.3) is 5.69 Å². The van der Waals surface area contributed by atoms with Gasteiger partial charge < -0.3 is 24.8 Å². The van der Waals surface area contributed by atoms with Gasteiger partial charge in [-0.2, -0.15) is 0 Å². The zero-order valence-corrected chi connectivity index (χ0v) is 18.3. The molecule has 1 saturated heterocycles. The third-order valence-corrected chi connectivity index (χ3v) is 5.81. The van der Waals surface area contributed by atoms with Crippen LogP contribution in [0.4, 0.5) is 0 Å². The fourth-order valence-corrected chi connectivity index (χ4v) is 4.24. The van der Waals surface area contributed by atoms with Gasteiger partial charge in [0.1, 0.15) is 0 Å². The summed E-state index contributed by atoms with van der Waals surface area (Å²) in [6.07, 6.45) is 3.79. The average Bonchev–Trinajstić information content (AvgIpc) is 3.37. The molecule has 7 nitrogen and oxygen atoms in total. The largest absolute Gasteiger partial charge is 0.478 e. The molecule has 3 aromatic rings. The van der Waals surface area contributed by atoms with E-state index >= 15 is 0 Å². The Hall–Kier alpha value is -3.23. The molecule has 2 aromatic heterocycles. The summed E-state index contributed by atoms with van der Waals surface area (Å²) in [6, 6.07) is 16.7. The Morgan fingerprint density at radius 2 is 1.94 bits per heavy atom. The van der Waals surface area contributed by atoms with E-state index in [1.165, 1.54) is 0 Å². The van der Waals surface area contributed by atoms with Crippen LogP contribution in [0.1, 0.15) is 33.8 Å². The summed E-state index contributed by atoms with van der Waals surface area (Å²) in [5.41, 5.74) is 3.15. The van der Waals surface area contributed by atoms with E-state index in [9.17, 15) is 9.90 Å². The van der Waals surface area contributed by atoms with E-state index in [-0.39, 0.29) is 17.6 Å². The molecule has 0 spiro atoms. The molecule has 1 aliphatic rings. The van der Waals surface area contributed by atoms with Crippen LogP contribution in [0.3, 0.4) is 0 Å². The maximum Gasteiger partial charge on any atom is 0.335 e. The van der Waals surface area contributed by atoms with Crippen LogP contribution in [0.2, 0.25) is 0 Å². The van der Waals surface area contributed by atoms with Crippen molar-refractivity contribution in [2.24, 2.45) is 0 Å². The molecule has 0 amide bonds. The molecule has 0 aliphatic carbocycles. The number of rotatable bonds is 7. The monoisotopic (exact) mass is 435 g/mol. The summed E-state index contributed by atoms with van der Waals surface area (Å²) in [4.78, 5) is 20.2. The number of carbonyl (C=O) groups is 1. The van der Waals surface area contributed by atoms with Crippen LogP contribution in [0.5, 0.6) is 0 Å². The molecule has 2 N–H and O–H groups in total. The number of aromatic nitrogens is 2. The first-order valence-electron chi connectivity index (χ1n) is 10.1. The highest BCUT2D eigenvalue weighted by Crippen LogP contribution is 2.39. The van der Waals surface area contributed by atoms with Crippen molar-refractivity contribution in [1.29, 1.82) is 0 Å². The van der Waals surface area contributed by atoms with Crippen molar-refractivity contribution in [3.8, 4) is 5.69 Å². The number of nitrogens with one attached hydrogen (secondary N) is 1. The van der Waals surface area contributed by atoms with Crippen LogP contribution in [-0.4, -0.2) is 62.7 Å². The second-order valence-corrected chi connectivity index (χ2v) is 8.17. The van der Waals surface area contributed by atoms with Crippen molar-refractivity contribution in [1.82, 2.24) is 24.7 Å². The maximum atomic E-state index is 11.2. The van der Waals surface area contributed by atoms with Gasteiger partial charge in [-0.05, 0) is 74.8 Å². The molecule has 8 heteroatoms. The van der Waals surface area contributed by atoms with Gasteiger partial charge in [-0.25, -0.2) is 4.79 Å². The maximum absolute atomic E-state index is 11.2. The van der Waals surface area contributed by atoms with Crippen molar-refractivity contribution in [2.45, 2.75) is 12.1 Å². The molecule has 4 rings (SSSR count). The molecule has 1 aromatic carbocycles. The SMILES string of the molecule is CN(C)CCN1C(=S)N[C@@H](c2ccccn2)[C@@H]1c1cccn1-c1ccc(C(=O)O)cc1. The summed E-state index contributed by atoms with van der Waals surface area (Å²) < 4.78 is 2.09. The fraction of sp³-hybridized carbons (Fsp3) is 0.261. The number of nitrogens with zero attached hydrogens (tertiary/aromatic N) is 4. The summed E-state index contributed by atoms with van der Waals surface area (Å²) in [6.45, 7) is 1.64. The summed E-state index contributed by atoms with van der Waals surface area (Å²) in [5, 5.41) is 13.4. The number of pyridine rings is 1. The lowest BCUT2D eigenvalue weighted by molar-refractivity contribution is 0.0697. The molecule has 1 aliphatic heterocycles. The van der Waals surface area contributed by atoms with Crippen molar-refractivity contribution in [3.05, 3.63) is 83.9 Å². The van der Waals surface area contributed by atoms with Gasteiger partial charge in [0.2, 0.25) is 0 Å². The van der Waals surface area contributed by atoms with Gasteiger partial charge in [0.25, 0.3) is 0 Å². The molecule has 2 atom stereocenters. The van der Waals surface area contributed by atoms with Gasteiger partial charge in [0.05, 0.1) is 23.3 Å². The summed E-state index contributed by atoms with van der Waals surface area (Å²) in [7, 11) is 4.09. The second-order valence-electron chi connectivity index (χ2n) is 7.78. The zero-order chi connectivity index (χ0) is 22.0. The minimum Gasteiger partial charge on any atom is -0.478 e. The minimum atomic E-state index is -0.935. The van der Waals surface area contributed by atoms with Crippen LogP contribution in [0, 0.1) is 0 Å². The molecule has 0 unspecified atom stereocenters. The zero-order valence-electron chi connectivity index (χ0n) is 17.5. The Labute approximate surface area is 186 Å². The van der Waals surface area contributed by atoms with Crippen LogP contribution in [-0.2, 0) is 0 Å². The van der Waals surface area contributed by atoms with E-state index in [4.69, 9.17) is 12.2 Å². The predicted octanol–water partition coefficient (Wildman–Crippen LogP) is 3.10. The second kappa shape index (κ2) is 8.87. The Morgan fingerprint density at radius 3 is 2.58 bits per heavy atom. The van der Waals surface area contributed by atoms with Crippen molar-refractivity contribution < 1.29 is 9.90 Å². The summed E-state index contributed by atoms with van der Waals surface area (Å²) in [5.74, 6) is -0.935. The number of thiocarbonyl (C=S) groups is 1. The van der Waals surface area contributed by atoms with Crippen LogP contribution >= 0.6 is 12.2 Å². The number of benzene rings is 1. The first-order valence-corrected chi connectivity index (χ1v) is 10.5. The fourth-order valence-electron chi connectivity index (χ4n) is 3.91. The Bertz CT molecular complexity index is 1070. The third kappa shape index (κ3) is 4.30. The average molecular weight is 436 g/mol. The molecular formula is C23H25N5O2S. The van der Waals surface area contributed by atoms with E-state index in [1.807, 2.05) is 56.7 Å². The van der Waals surface area contributed by atoms with Crippen molar-refractivity contribution in [3.63, 3.8) is 0 Å². The number of carboxylic acid groups (broad SMARTS) is 1. The first-order chi connectivity index (χ1) is 15.0.